The van der Waals surface area contributed by atoms with Gasteiger partial charge in [-0.3, -0.25) is 0 Å². The topological polar surface area (TPSA) is 87.8 Å². The Labute approximate surface area is 141 Å². The second-order valence-electron chi connectivity index (χ2n) is 4.34. The molecule has 0 saturated heterocycles. The van der Waals surface area contributed by atoms with E-state index in [2.05, 4.69) is 21.8 Å². The van der Waals surface area contributed by atoms with E-state index in [9.17, 15) is 9.59 Å². The SMILES string of the molecule is CCOC=C(C(=O)OCC)C(=O)OCC.Cc1csc(N)c1C. The maximum Gasteiger partial charge on any atom is 0.348 e. The largest absolute Gasteiger partial charge is 0.500 e. The maximum absolute atomic E-state index is 11.3. The van der Waals surface area contributed by atoms with Crippen LogP contribution in [0.1, 0.15) is 31.9 Å². The van der Waals surface area contributed by atoms with Gasteiger partial charge in [0.1, 0.15) is 6.26 Å². The first-order valence-electron chi connectivity index (χ1n) is 7.35. The smallest absolute Gasteiger partial charge is 0.348 e. The molecule has 1 heterocycles. The van der Waals surface area contributed by atoms with Crippen molar-refractivity contribution in [2.75, 3.05) is 25.6 Å². The van der Waals surface area contributed by atoms with Crippen LogP contribution in [-0.2, 0) is 23.8 Å². The van der Waals surface area contributed by atoms with Gasteiger partial charge in [0.05, 0.1) is 24.8 Å². The molecule has 0 amide bonds. The van der Waals surface area contributed by atoms with Crippen LogP contribution in [0.25, 0.3) is 0 Å². The van der Waals surface area contributed by atoms with Crippen molar-refractivity contribution in [1.82, 2.24) is 0 Å². The van der Waals surface area contributed by atoms with E-state index >= 15 is 0 Å². The van der Waals surface area contributed by atoms with E-state index in [4.69, 9.17) is 10.5 Å². The van der Waals surface area contributed by atoms with Gasteiger partial charge in [0.2, 0.25) is 0 Å². The number of nitrogens with two attached hydrogens (primary N) is 1. The van der Waals surface area contributed by atoms with Crippen molar-refractivity contribution in [2.45, 2.75) is 34.6 Å². The summed E-state index contributed by atoms with van der Waals surface area (Å²) in [5.74, 6) is -1.46. The predicted molar refractivity (Wildman–Crippen MR) is 91.2 cm³/mol. The standard InChI is InChI=1S/C10H16O5.C6H9NS/c1-4-13-7-8(9(11)14-5-2)10(12)15-6-3;1-4-3-8-6(7)5(4)2/h7H,4-6H2,1-3H3;3H,7H2,1-2H3. The first-order valence-corrected chi connectivity index (χ1v) is 8.23. The highest BCUT2D eigenvalue weighted by atomic mass is 32.1. The van der Waals surface area contributed by atoms with Gasteiger partial charge in [-0.15, -0.1) is 11.3 Å². The van der Waals surface area contributed by atoms with Crippen LogP contribution in [0.5, 0.6) is 0 Å². The number of hydrogen-bond donors (Lipinski definition) is 1. The van der Waals surface area contributed by atoms with E-state index in [1.54, 1.807) is 32.1 Å². The Hall–Kier alpha value is -2.02. The molecule has 0 bridgehead atoms. The lowest BCUT2D eigenvalue weighted by molar-refractivity contribution is -0.146. The zero-order valence-corrected chi connectivity index (χ0v) is 15.1. The molecule has 1 rings (SSSR count). The molecule has 0 radical (unpaired) electrons. The Balaban J connectivity index is 0.000000502. The highest BCUT2D eigenvalue weighted by Crippen LogP contribution is 2.22. The quantitative estimate of drug-likeness (QED) is 0.281. The van der Waals surface area contributed by atoms with Crippen molar-refractivity contribution < 1.29 is 23.8 Å². The van der Waals surface area contributed by atoms with E-state index in [0.29, 0.717) is 6.61 Å². The second kappa shape index (κ2) is 11.5. The molecule has 1 aromatic heterocycles. The summed E-state index contributed by atoms with van der Waals surface area (Å²) in [5, 5.41) is 3.02. The molecule has 0 fully saturated rings. The molecule has 130 valence electrons. The van der Waals surface area contributed by atoms with Gasteiger partial charge in [0.25, 0.3) is 0 Å². The van der Waals surface area contributed by atoms with Crippen molar-refractivity contribution >= 4 is 28.3 Å². The van der Waals surface area contributed by atoms with E-state index in [0.717, 1.165) is 11.3 Å². The summed E-state index contributed by atoms with van der Waals surface area (Å²) in [6.45, 7) is 9.92. The van der Waals surface area contributed by atoms with Gasteiger partial charge in [0, 0.05) is 0 Å². The Morgan fingerprint density at radius 2 is 1.61 bits per heavy atom. The molecule has 6 nitrogen and oxygen atoms in total. The van der Waals surface area contributed by atoms with Gasteiger partial charge in [-0.25, -0.2) is 9.59 Å². The summed E-state index contributed by atoms with van der Waals surface area (Å²) in [6, 6.07) is 0. The van der Waals surface area contributed by atoms with Gasteiger partial charge < -0.3 is 19.9 Å². The molecule has 0 atom stereocenters. The van der Waals surface area contributed by atoms with Crippen molar-refractivity contribution in [2.24, 2.45) is 0 Å². The highest BCUT2D eigenvalue weighted by molar-refractivity contribution is 7.14. The van der Waals surface area contributed by atoms with Crippen LogP contribution in [0.3, 0.4) is 0 Å². The minimum absolute atomic E-state index is 0.196. The molecule has 0 aliphatic carbocycles. The maximum atomic E-state index is 11.3. The lowest BCUT2D eigenvalue weighted by Gasteiger charge is -2.06. The average molecular weight is 343 g/mol. The number of esters is 2. The van der Waals surface area contributed by atoms with E-state index in [-0.39, 0.29) is 18.8 Å². The van der Waals surface area contributed by atoms with Crippen molar-refractivity contribution in [1.29, 1.82) is 0 Å². The summed E-state index contributed by atoms with van der Waals surface area (Å²) in [7, 11) is 0. The molecule has 0 aliphatic heterocycles. The average Bonchev–Trinajstić information content (AvgIpc) is 2.80. The van der Waals surface area contributed by atoms with Crippen molar-refractivity contribution in [3.63, 3.8) is 0 Å². The third-order valence-corrected chi connectivity index (χ3v) is 3.71. The van der Waals surface area contributed by atoms with Crippen molar-refractivity contribution in [3.05, 3.63) is 28.3 Å². The van der Waals surface area contributed by atoms with Crippen LogP contribution in [-0.4, -0.2) is 31.8 Å². The van der Waals surface area contributed by atoms with Crippen LogP contribution in [0, 0.1) is 13.8 Å². The summed E-state index contributed by atoms with van der Waals surface area (Å²) in [5.41, 5.74) is 7.87. The number of ether oxygens (including phenoxy) is 3. The van der Waals surface area contributed by atoms with Gasteiger partial charge in [-0.1, -0.05) is 0 Å². The first kappa shape index (κ1) is 21.0. The fraction of sp³-hybridized carbons (Fsp3) is 0.500. The number of hydrogen-bond acceptors (Lipinski definition) is 7. The lowest BCUT2D eigenvalue weighted by atomic mass is 10.2. The molecule has 23 heavy (non-hydrogen) atoms. The zero-order chi connectivity index (χ0) is 17.8. The van der Waals surface area contributed by atoms with Crippen LogP contribution >= 0.6 is 11.3 Å². The number of thiophene rings is 1. The number of carbonyl (C=O) groups excluding carboxylic acids is 2. The highest BCUT2D eigenvalue weighted by Gasteiger charge is 2.21. The molecule has 0 aromatic carbocycles. The monoisotopic (exact) mass is 343 g/mol. The van der Waals surface area contributed by atoms with Crippen LogP contribution in [0.4, 0.5) is 5.00 Å². The fourth-order valence-electron chi connectivity index (χ4n) is 1.29. The van der Waals surface area contributed by atoms with Crippen LogP contribution < -0.4 is 5.73 Å². The fourth-order valence-corrected chi connectivity index (χ4v) is 2.11. The number of anilines is 1. The summed E-state index contributed by atoms with van der Waals surface area (Å²) < 4.78 is 14.2. The summed E-state index contributed by atoms with van der Waals surface area (Å²) in [4.78, 5) is 22.6. The molecule has 0 unspecified atom stereocenters. The number of rotatable bonds is 6. The first-order chi connectivity index (χ1) is 10.9. The normalized spacial score (nSPS) is 9.26. The molecule has 0 spiro atoms. The van der Waals surface area contributed by atoms with Crippen molar-refractivity contribution in [3.8, 4) is 0 Å². The Morgan fingerprint density at radius 3 is 1.87 bits per heavy atom. The Morgan fingerprint density at radius 1 is 1.09 bits per heavy atom. The number of nitrogen functional groups attached to an aromatic ring is 1. The number of carbonyl (C=O) groups is 2. The van der Waals surface area contributed by atoms with E-state index < -0.39 is 11.9 Å². The minimum atomic E-state index is -0.732. The van der Waals surface area contributed by atoms with Gasteiger partial charge in [0.15, 0.2) is 5.57 Å². The molecule has 2 N–H and O–H groups in total. The van der Waals surface area contributed by atoms with Gasteiger partial charge in [-0.05, 0) is 51.1 Å². The lowest BCUT2D eigenvalue weighted by Crippen LogP contribution is -2.18. The van der Waals surface area contributed by atoms with Crippen LogP contribution in [0.15, 0.2) is 17.2 Å². The molecule has 1 aromatic rings. The molecular weight excluding hydrogens is 318 g/mol. The zero-order valence-electron chi connectivity index (χ0n) is 14.3. The molecular formula is C16H25NO5S. The minimum Gasteiger partial charge on any atom is -0.500 e. The molecule has 7 heteroatoms. The Bertz CT molecular complexity index is 497. The summed E-state index contributed by atoms with van der Waals surface area (Å²) in [6.07, 6.45) is 1.07. The van der Waals surface area contributed by atoms with Gasteiger partial charge in [-0.2, -0.15) is 0 Å². The third kappa shape index (κ3) is 7.69. The third-order valence-electron chi connectivity index (χ3n) is 2.68. The van der Waals surface area contributed by atoms with Gasteiger partial charge >= 0.3 is 11.9 Å². The number of aryl methyl sites for hydroxylation is 1. The molecule has 0 aliphatic rings. The van der Waals surface area contributed by atoms with E-state index in [1.807, 2.05) is 6.92 Å². The Kier molecular flexibility index (Phi) is 10.5. The molecule has 0 saturated carbocycles. The second-order valence-corrected chi connectivity index (χ2v) is 5.25. The predicted octanol–water partition coefficient (Wildman–Crippen LogP) is 2.98. The van der Waals surface area contributed by atoms with Crippen LogP contribution in [0.2, 0.25) is 0 Å². The summed E-state index contributed by atoms with van der Waals surface area (Å²) >= 11 is 1.61. The van der Waals surface area contributed by atoms with E-state index in [1.165, 1.54) is 11.1 Å².